The van der Waals surface area contributed by atoms with Gasteiger partial charge in [-0.2, -0.15) is 0 Å². The van der Waals surface area contributed by atoms with Crippen molar-refractivity contribution in [3.05, 3.63) is 108 Å². The van der Waals surface area contributed by atoms with Gasteiger partial charge in [0, 0.05) is 5.92 Å². The van der Waals surface area contributed by atoms with Crippen LogP contribution in [0.25, 0.3) is 0 Å². The zero-order valence-corrected chi connectivity index (χ0v) is 25.7. The first kappa shape index (κ1) is 32.3. The van der Waals surface area contributed by atoms with Crippen LogP contribution in [-0.4, -0.2) is 52.4 Å². The van der Waals surface area contributed by atoms with Crippen LogP contribution in [0.2, 0.25) is 0 Å². The molecule has 228 valence electrons. The predicted octanol–water partition coefficient (Wildman–Crippen LogP) is 6.33. The molecular formula is C36H48O6. The van der Waals surface area contributed by atoms with Crippen molar-refractivity contribution < 1.29 is 29.2 Å². The topological polar surface area (TPSA) is 77.4 Å². The predicted molar refractivity (Wildman–Crippen MR) is 165 cm³/mol. The number of rotatable bonds is 14. The average Bonchev–Trinajstić information content (AvgIpc) is 2.99. The highest BCUT2D eigenvalue weighted by molar-refractivity contribution is 5.15. The molecule has 0 radical (unpaired) electrons. The van der Waals surface area contributed by atoms with Crippen LogP contribution in [0.15, 0.2) is 91.0 Å². The maximum atomic E-state index is 11.1. The lowest BCUT2D eigenvalue weighted by Gasteiger charge is -2.55. The molecule has 0 amide bonds. The molecule has 1 saturated heterocycles. The summed E-state index contributed by atoms with van der Waals surface area (Å²) < 4.78 is 26.3. The first-order valence-electron chi connectivity index (χ1n) is 15.1. The highest BCUT2D eigenvalue weighted by Gasteiger charge is 2.56. The molecule has 1 aliphatic heterocycles. The van der Waals surface area contributed by atoms with Crippen LogP contribution in [0.5, 0.6) is 0 Å². The quantitative estimate of drug-likeness (QED) is 0.234. The van der Waals surface area contributed by atoms with E-state index in [2.05, 4.69) is 31.2 Å². The fourth-order valence-electron chi connectivity index (χ4n) is 6.26. The van der Waals surface area contributed by atoms with E-state index in [1.165, 1.54) is 0 Å². The standard InChI is InChI=1S/C36H48O6/c1-26-21-35(4,42-36(5,28(3)37)33(26)38)34(41-24-31-19-13-8-14-20-31)27(2)32(40-23-30-17-11-7-12-18-30)25-39-22-29-15-9-6-10-16-29/h6-20,26-28,32-34,37-38H,21-25H2,1-5H3/t26-,27-,28?,32-,33+,34-,35-,36-/m1/s1. The Hall–Kier alpha value is -2.58. The summed E-state index contributed by atoms with van der Waals surface area (Å²) in [6, 6.07) is 30.3. The molecule has 4 rings (SSSR count). The maximum absolute atomic E-state index is 11.1. The second kappa shape index (κ2) is 14.7. The van der Waals surface area contributed by atoms with Crippen LogP contribution >= 0.6 is 0 Å². The minimum atomic E-state index is -1.15. The lowest BCUT2D eigenvalue weighted by molar-refractivity contribution is -0.306. The first-order chi connectivity index (χ1) is 20.1. The van der Waals surface area contributed by atoms with Crippen molar-refractivity contribution >= 4 is 0 Å². The number of ether oxygens (including phenoxy) is 4. The molecule has 8 atom stereocenters. The van der Waals surface area contributed by atoms with Gasteiger partial charge in [-0.3, -0.25) is 0 Å². The largest absolute Gasteiger partial charge is 0.390 e. The van der Waals surface area contributed by atoms with E-state index in [9.17, 15) is 10.2 Å². The fourth-order valence-corrected chi connectivity index (χ4v) is 6.26. The van der Waals surface area contributed by atoms with Crippen molar-refractivity contribution in [2.45, 2.75) is 96.5 Å². The molecule has 1 unspecified atom stereocenters. The molecule has 0 aliphatic carbocycles. The number of aliphatic hydroxyl groups excluding tert-OH is 2. The fraction of sp³-hybridized carbons (Fsp3) is 0.500. The van der Waals surface area contributed by atoms with Gasteiger partial charge >= 0.3 is 0 Å². The second-order valence-electron chi connectivity index (χ2n) is 12.3. The lowest BCUT2D eigenvalue weighted by Crippen LogP contribution is -2.66. The number of hydrogen-bond acceptors (Lipinski definition) is 6. The van der Waals surface area contributed by atoms with Crippen molar-refractivity contribution in [3.63, 3.8) is 0 Å². The summed E-state index contributed by atoms with van der Waals surface area (Å²) in [5.74, 6) is -0.268. The molecule has 0 bridgehead atoms. The molecular weight excluding hydrogens is 528 g/mol. The monoisotopic (exact) mass is 576 g/mol. The third-order valence-corrected chi connectivity index (χ3v) is 8.77. The lowest BCUT2D eigenvalue weighted by atomic mass is 9.71. The zero-order chi connectivity index (χ0) is 30.2. The molecule has 0 spiro atoms. The Labute approximate surface area is 251 Å². The number of aliphatic hydroxyl groups is 2. The zero-order valence-electron chi connectivity index (χ0n) is 25.7. The van der Waals surface area contributed by atoms with E-state index in [1.807, 2.05) is 80.6 Å². The summed E-state index contributed by atoms with van der Waals surface area (Å²) in [5.41, 5.74) is 1.28. The smallest absolute Gasteiger partial charge is 0.118 e. The molecule has 6 nitrogen and oxygen atoms in total. The Morgan fingerprint density at radius 2 is 1.26 bits per heavy atom. The SMILES string of the molecule is CC(O)[C@@]1(C)O[C@@](C)([C@H](OCc2ccccc2)[C@H](C)[C@@H](COCc2ccccc2)OCc2ccccc2)C[C@@H](C)[C@@H]1O. The van der Waals surface area contributed by atoms with E-state index < -0.39 is 29.5 Å². The van der Waals surface area contributed by atoms with Gasteiger partial charge in [-0.1, -0.05) is 105 Å². The van der Waals surface area contributed by atoms with Gasteiger partial charge in [-0.15, -0.1) is 0 Å². The maximum Gasteiger partial charge on any atom is 0.118 e. The van der Waals surface area contributed by atoms with E-state index in [0.29, 0.717) is 32.8 Å². The van der Waals surface area contributed by atoms with E-state index in [0.717, 1.165) is 16.7 Å². The van der Waals surface area contributed by atoms with Crippen LogP contribution in [0.1, 0.15) is 57.7 Å². The van der Waals surface area contributed by atoms with Crippen LogP contribution in [0, 0.1) is 11.8 Å². The number of hydrogen-bond donors (Lipinski definition) is 2. The summed E-state index contributed by atoms with van der Waals surface area (Å²) in [6.07, 6.45) is -1.85. The molecule has 1 heterocycles. The molecule has 0 aromatic heterocycles. The van der Waals surface area contributed by atoms with Crippen molar-refractivity contribution in [3.8, 4) is 0 Å². The summed E-state index contributed by atoms with van der Waals surface area (Å²) in [5, 5.41) is 21.9. The molecule has 1 aliphatic rings. The molecule has 1 fully saturated rings. The minimum Gasteiger partial charge on any atom is -0.390 e. The van der Waals surface area contributed by atoms with Gasteiger partial charge in [-0.05, 0) is 49.8 Å². The van der Waals surface area contributed by atoms with E-state index in [-0.39, 0.29) is 17.9 Å². The third kappa shape index (κ3) is 8.07. The van der Waals surface area contributed by atoms with Crippen LogP contribution in [-0.2, 0) is 38.8 Å². The molecule has 6 heteroatoms. The van der Waals surface area contributed by atoms with Crippen molar-refractivity contribution in [1.82, 2.24) is 0 Å². The van der Waals surface area contributed by atoms with Gasteiger partial charge in [0.1, 0.15) is 5.60 Å². The van der Waals surface area contributed by atoms with Gasteiger partial charge in [0.25, 0.3) is 0 Å². The molecule has 3 aromatic carbocycles. The molecule has 0 saturated carbocycles. The molecule has 2 N–H and O–H groups in total. The second-order valence-corrected chi connectivity index (χ2v) is 12.3. The third-order valence-electron chi connectivity index (χ3n) is 8.77. The molecule has 3 aromatic rings. The highest BCUT2D eigenvalue weighted by Crippen LogP contribution is 2.45. The van der Waals surface area contributed by atoms with Crippen LogP contribution < -0.4 is 0 Å². The summed E-state index contributed by atoms with van der Waals surface area (Å²) in [7, 11) is 0. The van der Waals surface area contributed by atoms with Crippen molar-refractivity contribution in [2.24, 2.45) is 11.8 Å². The summed E-state index contributed by atoms with van der Waals surface area (Å²) >= 11 is 0. The minimum absolute atomic E-state index is 0.114. The Kier molecular flexibility index (Phi) is 11.3. The number of benzene rings is 3. The first-order valence-corrected chi connectivity index (χ1v) is 15.1. The Bertz CT molecular complexity index is 1190. The summed E-state index contributed by atoms with van der Waals surface area (Å²) in [4.78, 5) is 0. The van der Waals surface area contributed by atoms with E-state index >= 15 is 0 Å². The van der Waals surface area contributed by atoms with Gasteiger partial charge in [-0.25, -0.2) is 0 Å². The van der Waals surface area contributed by atoms with Gasteiger partial charge < -0.3 is 29.2 Å². The Balaban J connectivity index is 1.62. The van der Waals surface area contributed by atoms with Crippen molar-refractivity contribution in [2.75, 3.05) is 6.61 Å². The van der Waals surface area contributed by atoms with E-state index in [4.69, 9.17) is 18.9 Å². The molecule has 42 heavy (non-hydrogen) atoms. The van der Waals surface area contributed by atoms with Crippen LogP contribution in [0.4, 0.5) is 0 Å². The van der Waals surface area contributed by atoms with E-state index in [1.54, 1.807) is 13.8 Å². The van der Waals surface area contributed by atoms with Gasteiger partial charge in [0.15, 0.2) is 0 Å². The highest BCUT2D eigenvalue weighted by atomic mass is 16.6. The van der Waals surface area contributed by atoms with Gasteiger partial charge in [0.05, 0.1) is 56.4 Å². The average molecular weight is 577 g/mol. The van der Waals surface area contributed by atoms with Gasteiger partial charge in [0.2, 0.25) is 0 Å². The van der Waals surface area contributed by atoms with Crippen molar-refractivity contribution in [1.29, 1.82) is 0 Å². The van der Waals surface area contributed by atoms with Crippen LogP contribution in [0.3, 0.4) is 0 Å². The Morgan fingerprint density at radius 1 is 0.786 bits per heavy atom. The normalized spacial score (nSPS) is 27.2. The summed E-state index contributed by atoms with van der Waals surface area (Å²) in [6.45, 7) is 11.3. The Morgan fingerprint density at radius 3 is 1.76 bits per heavy atom.